The van der Waals surface area contributed by atoms with Crippen LogP contribution in [-0.4, -0.2) is 24.0 Å². The first kappa shape index (κ1) is 46.4. The molecule has 0 aliphatic carbocycles. The van der Waals surface area contributed by atoms with E-state index in [4.69, 9.17) is 0 Å². The first-order chi connectivity index (χ1) is 21.3. The highest BCUT2D eigenvalue weighted by molar-refractivity contribution is 5.85. The number of hydrogen-bond acceptors (Lipinski definition) is 1. The van der Waals surface area contributed by atoms with Crippen LogP contribution in [0.3, 0.4) is 0 Å². The average Bonchev–Trinajstić information content (AvgIpc) is 3.02. The van der Waals surface area contributed by atoms with Gasteiger partial charge in [-0.15, -0.1) is 12.4 Å². The zero-order valence-corrected chi connectivity index (χ0v) is 32.4. The molecule has 1 nitrogen and oxygen atoms in total. The summed E-state index contributed by atoms with van der Waals surface area (Å²) in [6.45, 7) is 12.1. The number of halogens is 1. The molecule has 0 amide bonds. The van der Waals surface area contributed by atoms with E-state index in [2.05, 4.69) is 32.6 Å². The van der Waals surface area contributed by atoms with Crippen LogP contribution in [0.4, 0.5) is 0 Å². The van der Waals surface area contributed by atoms with Crippen LogP contribution in [-0.2, 0) is 0 Å². The van der Waals surface area contributed by atoms with Gasteiger partial charge < -0.3 is 4.90 Å². The van der Waals surface area contributed by atoms with E-state index in [0.29, 0.717) is 0 Å². The minimum atomic E-state index is 0. The van der Waals surface area contributed by atoms with Crippen LogP contribution in [0.15, 0.2) is 0 Å². The van der Waals surface area contributed by atoms with E-state index in [1.807, 2.05) is 0 Å². The Kier molecular flexibility index (Phi) is 43.5. The van der Waals surface area contributed by atoms with Crippen molar-refractivity contribution in [1.29, 1.82) is 0 Å². The van der Waals surface area contributed by atoms with Crippen molar-refractivity contribution in [2.45, 2.75) is 258 Å². The fraction of sp³-hybridized carbons (Fsp3) is 1.00. The molecule has 0 saturated carbocycles. The normalized spacial score (nSPS) is 12.2. The molecule has 0 fully saturated rings. The van der Waals surface area contributed by atoms with E-state index < -0.39 is 0 Å². The molecule has 0 radical (unpaired) electrons. The van der Waals surface area contributed by atoms with Gasteiger partial charge in [-0.25, -0.2) is 0 Å². The second-order valence-corrected chi connectivity index (χ2v) is 14.5. The van der Waals surface area contributed by atoms with Crippen molar-refractivity contribution in [3.8, 4) is 0 Å². The molecule has 44 heavy (non-hydrogen) atoms. The summed E-state index contributed by atoms with van der Waals surface area (Å²) in [6.07, 6.45) is 50.9. The van der Waals surface area contributed by atoms with E-state index in [9.17, 15) is 0 Å². The maximum absolute atomic E-state index is 3.00. The molecule has 1 atom stereocenters. The van der Waals surface area contributed by atoms with Gasteiger partial charge in [0.15, 0.2) is 0 Å². The number of unbranched alkanes of at least 4 members (excludes halogenated alkanes) is 29. The van der Waals surface area contributed by atoms with E-state index in [-0.39, 0.29) is 12.4 Å². The Balaban J connectivity index is 0. The predicted octanol–water partition coefficient (Wildman–Crippen LogP) is 15.8. The lowest BCUT2D eigenvalue weighted by Crippen LogP contribution is -2.37. The van der Waals surface area contributed by atoms with Crippen LogP contribution in [0.1, 0.15) is 252 Å². The highest BCUT2D eigenvalue weighted by Gasteiger charge is 2.17. The maximum Gasteiger partial charge on any atom is 0.00952 e. The van der Waals surface area contributed by atoms with Gasteiger partial charge in [-0.05, 0) is 38.8 Å². The standard InChI is InChI=1S/C42H87N.ClH/c1-5-9-13-17-20-21-22-23-24-25-26-27-28-29-31-35-39-42(38-34-30-16-12-8-4)43(40-36-32-18-14-10-6-2)41-37-33-19-15-11-7-3;/h42H,5-41H2,1-4H3;1H. The third kappa shape index (κ3) is 35.1. The Hall–Kier alpha value is 0.250. The predicted molar refractivity (Wildman–Crippen MR) is 207 cm³/mol. The molecule has 0 aliphatic heterocycles. The smallest absolute Gasteiger partial charge is 0.00952 e. The van der Waals surface area contributed by atoms with Crippen LogP contribution >= 0.6 is 12.4 Å². The van der Waals surface area contributed by atoms with Crippen LogP contribution in [0.25, 0.3) is 0 Å². The largest absolute Gasteiger partial charge is 0.300 e. The summed E-state index contributed by atoms with van der Waals surface area (Å²) >= 11 is 0. The maximum atomic E-state index is 3.00. The molecule has 0 aliphatic rings. The SMILES string of the molecule is CCCCCCCCCCCCCCCCCCC(CCCCCCC)N(CCCCCCCC)CCCCCCCC.Cl. The van der Waals surface area contributed by atoms with Crippen LogP contribution < -0.4 is 0 Å². The van der Waals surface area contributed by atoms with Crippen molar-refractivity contribution in [2.24, 2.45) is 0 Å². The number of nitrogens with zero attached hydrogens (tertiary/aromatic N) is 1. The van der Waals surface area contributed by atoms with E-state index >= 15 is 0 Å². The monoisotopic (exact) mass is 642 g/mol. The zero-order chi connectivity index (χ0) is 31.3. The van der Waals surface area contributed by atoms with E-state index in [0.717, 1.165) is 6.04 Å². The summed E-state index contributed by atoms with van der Waals surface area (Å²) in [7, 11) is 0. The Bertz CT molecular complexity index is 464. The van der Waals surface area contributed by atoms with Crippen molar-refractivity contribution >= 4 is 12.4 Å². The molecule has 268 valence electrons. The molecule has 0 bridgehead atoms. The fourth-order valence-corrected chi connectivity index (χ4v) is 7.09. The molecule has 0 rings (SSSR count). The van der Waals surface area contributed by atoms with Crippen molar-refractivity contribution in [3.63, 3.8) is 0 Å². The minimum Gasteiger partial charge on any atom is -0.300 e. The number of rotatable bonds is 38. The Morgan fingerprint density at radius 2 is 0.477 bits per heavy atom. The zero-order valence-electron chi connectivity index (χ0n) is 31.6. The molecule has 2 heteroatoms. The average molecular weight is 643 g/mol. The lowest BCUT2D eigenvalue weighted by atomic mass is 9.97. The summed E-state index contributed by atoms with van der Waals surface area (Å²) in [5.41, 5.74) is 0. The van der Waals surface area contributed by atoms with Gasteiger partial charge in [-0.3, -0.25) is 0 Å². The van der Waals surface area contributed by atoms with E-state index in [1.165, 1.54) is 238 Å². The fourth-order valence-electron chi connectivity index (χ4n) is 7.09. The summed E-state index contributed by atoms with van der Waals surface area (Å²) in [6, 6.07) is 0.861. The lowest BCUT2D eigenvalue weighted by molar-refractivity contribution is 0.163. The molecule has 1 unspecified atom stereocenters. The topological polar surface area (TPSA) is 3.24 Å². The Morgan fingerprint density at radius 3 is 0.727 bits per heavy atom. The van der Waals surface area contributed by atoms with Crippen molar-refractivity contribution < 1.29 is 0 Å². The number of hydrogen-bond donors (Lipinski definition) is 0. The molecule has 0 aromatic rings. The van der Waals surface area contributed by atoms with Gasteiger partial charge in [0.1, 0.15) is 0 Å². The van der Waals surface area contributed by atoms with Gasteiger partial charge in [0.05, 0.1) is 0 Å². The third-order valence-corrected chi connectivity index (χ3v) is 10.1. The molecule has 0 aromatic carbocycles. The Labute approximate surface area is 288 Å². The molecule has 0 aromatic heterocycles. The first-order valence-electron chi connectivity index (χ1n) is 21.0. The Morgan fingerprint density at radius 1 is 0.273 bits per heavy atom. The van der Waals surface area contributed by atoms with Crippen molar-refractivity contribution in [3.05, 3.63) is 0 Å². The van der Waals surface area contributed by atoms with Crippen molar-refractivity contribution in [1.82, 2.24) is 4.90 Å². The molecular weight excluding hydrogens is 554 g/mol. The summed E-state index contributed by atoms with van der Waals surface area (Å²) in [4.78, 5) is 3.00. The quantitative estimate of drug-likeness (QED) is 0.0606. The second kappa shape index (κ2) is 41.3. The van der Waals surface area contributed by atoms with Gasteiger partial charge >= 0.3 is 0 Å². The lowest BCUT2D eigenvalue weighted by Gasteiger charge is -2.32. The summed E-state index contributed by atoms with van der Waals surface area (Å²) in [5.74, 6) is 0. The highest BCUT2D eigenvalue weighted by atomic mass is 35.5. The van der Waals surface area contributed by atoms with Gasteiger partial charge in [-0.1, -0.05) is 227 Å². The van der Waals surface area contributed by atoms with Gasteiger partial charge in [0.2, 0.25) is 0 Å². The summed E-state index contributed by atoms with van der Waals surface area (Å²) < 4.78 is 0. The summed E-state index contributed by atoms with van der Waals surface area (Å²) in [5, 5.41) is 0. The third-order valence-electron chi connectivity index (χ3n) is 10.1. The van der Waals surface area contributed by atoms with Crippen LogP contribution in [0.5, 0.6) is 0 Å². The molecule has 0 N–H and O–H groups in total. The highest BCUT2D eigenvalue weighted by Crippen LogP contribution is 2.21. The van der Waals surface area contributed by atoms with Crippen LogP contribution in [0, 0.1) is 0 Å². The van der Waals surface area contributed by atoms with Gasteiger partial charge in [0, 0.05) is 6.04 Å². The van der Waals surface area contributed by atoms with Crippen LogP contribution in [0.2, 0.25) is 0 Å². The molecule has 0 heterocycles. The molecule has 0 spiro atoms. The first-order valence-corrected chi connectivity index (χ1v) is 21.0. The molecule has 0 saturated heterocycles. The van der Waals surface area contributed by atoms with Gasteiger partial charge in [0.25, 0.3) is 0 Å². The second-order valence-electron chi connectivity index (χ2n) is 14.5. The minimum absolute atomic E-state index is 0. The van der Waals surface area contributed by atoms with E-state index in [1.54, 1.807) is 0 Å². The van der Waals surface area contributed by atoms with Crippen molar-refractivity contribution in [2.75, 3.05) is 13.1 Å². The van der Waals surface area contributed by atoms with Gasteiger partial charge in [-0.2, -0.15) is 0 Å². The molecular formula is C42H88ClN.